The quantitative estimate of drug-likeness (QED) is 0.820. The molecule has 0 aromatic carbocycles. The average molecular weight is 255 g/mol. The van der Waals surface area contributed by atoms with Crippen LogP contribution in [0.1, 0.15) is 39.4 Å². The third-order valence-corrected chi connectivity index (χ3v) is 3.42. The normalized spacial score (nSPS) is 12.8. The molecule has 1 unspecified atom stereocenters. The van der Waals surface area contributed by atoms with Gasteiger partial charge in [0.1, 0.15) is 11.6 Å². The van der Waals surface area contributed by atoms with Crippen molar-refractivity contribution in [3.8, 4) is 0 Å². The fraction of sp³-hybridized carbons (Fsp3) is 0.667. The van der Waals surface area contributed by atoms with Crippen LogP contribution in [0.4, 0.5) is 5.82 Å². The summed E-state index contributed by atoms with van der Waals surface area (Å²) in [6.45, 7) is 8.26. The molecule has 1 aromatic rings. The molecule has 0 saturated carbocycles. The Morgan fingerprint density at radius 2 is 2.18 bits per heavy atom. The fourth-order valence-corrected chi connectivity index (χ4v) is 2.09. The van der Waals surface area contributed by atoms with E-state index in [1.165, 1.54) is 6.07 Å². The Morgan fingerprint density at radius 3 is 2.76 bits per heavy atom. The highest BCUT2D eigenvalue weighted by Crippen LogP contribution is 2.11. The number of rotatable bonds is 6. The molecule has 0 aliphatic carbocycles. The lowest BCUT2D eigenvalue weighted by molar-refractivity contribution is 0.762. The second-order valence-electron chi connectivity index (χ2n) is 4.38. The first-order valence-corrected chi connectivity index (χ1v) is 7.14. The Bertz CT molecular complexity index is 403. The zero-order valence-electron chi connectivity index (χ0n) is 10.9. The van der Waals surface area contributed by atoms with E-state index in [0.717, 1.165) is 17.3 Å². The molecule has 4 nitrogen and oxygen atoms in total. The van der Waals surface area contributed by atoms with E-state index in [9.17, 15) is 4.79 Å². The van der Waals surface area contributed by atoms with Gasteiger partial charge < -0.3 is 10.3 Å². The molecule has 1 heterocycles. The maximum Gasteiger partial charge on any atom is 0.252 e. The molecule has 0 aliphatic heterocycles. The molecule has 1 rings (SSSR count). The van der Waals surface area contributed by atoms with Crippen molar-refractivity contribution in [3.05, 3.63) is 22.2 Å². The number of hydrogen-bond donors (Lipinski definition) is 2. The highest BCUT2D eigenvalue weighted by Gasteiger charge is 2.07. The van der Waals surface area contributed by atoms with Crippen molar-refractivity contribution in [3.63, 3.8) is 0 Å². The van der Waals surface area contributed by atoms with Crippen LogP contribution in [-0.4, -0.2) is 27.5 Å². The lowest BCUT2D eigenvalue weighted by atomic mass is 10.2. The van der Waals surface area contributed by atoms with Gasteiger partial charge in [-0.05, 0) is 12.7 Å². The van der Waals surface area contributed by atoms with Gasteiger partial charge in [-0.1, -0.05) is 20.8 Å². The minimum Gasteiger partial charge on any atom is -0.367 e. The van der Waals surface area contributed by atoms with Gasteiger partial charge in [0.15, 0.2) is 0 Å². The van der Waals surface area contributed by atoms with Crippen molar-refractivity contribution in [2.45, 2.75) is 39.7 Å². The Hall–Kier alpha value is -0.970. The minimum absolute atomic E-state index is 0.0958. The van der Waals surface area contributed by atoms with Gasteiger partial charge in [-0.3, -0.25) is 4.79 Å². The molecular weight excluding hydrogens is 234 g/mol. The van der Waals surface area contributed by atoms with Crippen LogP contribution in [-0.2, 0) is 0 Å². The minimum atomic E-state index is -0.0958. The van der Waals surface area contributed by atoms with Crippen molar-refractivity contribution < 1.29 is 0 Å². The summed E-state index contributed by atoms with van der Waals surface area (Å²) < 4.78 is 0. The topological polar surface area (TPSA) is 57.8 Å². The number of nitrogens with zero attached hydrogens (tertiary/aromatic N) is 1. The third kappa shape index (κ3) is 4.81. The summed E-state index contributed by atoms with van der Waals surface area (Å²) in [5, 5.41) is 3.26. The summed E-state index contributed by atoms with van der Waals surface area (Å²) in [4.78, 5) is 18.6. The van der Waals surface area contributed by atoms with Crippen LogP contribution in [0.3, 0.4) is 0 Å². The third-order valence-electron chi connectivity index (χ3n) is 2.27. The largest absolute Gasteiger partial charge is 0.367 e. The van der Waals surface area contributed by atoms with E-state index in [4.69, 9.17) is 0 Å². The van der Waals surface area contributed by atoms with Crippen LogP contribution in [0.5, 0.6) is 0 Å². The van der Waals surface area contributed by atoms with Gasteiger partial charge in [0, 0.05) is 23.8 Å². The maximum absolute atomic E-state index is 11.5. The highest BCUT2D eigenvalue weighted by atomic mass is 32.2. The molecule has 0 aliphatic rings. The smallest absolute Gasteiger partial charge is 0.252 e. The molecular formula is C12H21N3OS. The van der Waals surface area contributed by atoms with Crippen molar-refractivity contribution in [2.24, 2.45) is 0 Å². The Labute approximate surface area is 107 Å². The Balaban J connectivity index is 2.73. The zero-order chi connectivity index (χ0) is 12.8. The van der Waals surface area contributed by atoms with E-state index in [2.05, 4.69) is 29.1 Å². The van der Waals surface area contributed by atoms with Crippen molar-refractivity contribution in [1.82, 2.24) is 9.97 Å². The fourth-order valence-electron chi connectivity index (χ4n) is 1.41. The van der Waals surface area contributed by atoms with E-state index in [0.29, 0.717) is 11.9 Å². The number of H-pyrrole nitrogens is 1. The lowest BCUT2D eigenvalue weighted by Gasteiger charge is -2.14. The summed E-state index contributed by atoms with van der Waals surface area (Å²) in [7, 11) is 0. The second kappa shape index (κ2) is 6.69. The number of nitrogens with one attached hydrogen (secondary N) is 2. The average Bonchev–Trinajstić information content (AvgIpc) is 2.25. The first-order chi connectivity index (χ1) is 8.02. The SMILES string of the molecule is CCSCC(C)Nc1cc(=O)[nH]c(C(C)C)n1. The monoisotopic (exact) mass is 255 g/mol. The standard InChI is InChI=1S/C12H21N3OS/c1-5-17-7-9(4)13-10-6-11(16)15-12(14-10)8(2)3/h6,8-9H,5,7H2,1-4H3,(H2,13,14,15,16). The van der Waals surface area contributed by atoms with Crippen molar-refractivity contribution >= 4 is 17.6 Å². The van der Waals surface area contributed by atoms with Crippen LogP contribution < -0.4 is 10.9 Å². The van der Waals surface area contributed by atoms with E-state index < -0.39 is 0 Å². The van der Waals surface area contributed by atoms with E-state index in [1.54, 1.807) is 0 Å². The van der Waals surface area contributed by atoms with Gasteiger partial charge in [-0.25, -0.2) is 4.98 Å². The number of aromatic amines is 1. The predicted octanol–water partition coefficient (Wildman–Crippen LogP) is 2.45. The molecule has 0 radical (unpaired) electrons. The molecule has 0 amide bonds. The molecule has 0 saturated heterocycles. The summed E-state index contributed by atoms with van der Waals surface area (Å²) in [6, 6.07) is 1.83. The summed E-state index contributed by atoms with van der Waals surface area (Å²) in [5.41, 5.74) is -0.0958. The van der Waals surface area contributed by atoms with Gasteiger partial charge in [0.25, 0.3) is 5.56 Å². The number of hydrogen-bond acceptors (Lipinski definition) is 4. The van der Waals surface area contributed by atoms with Crippen LogP contribution in [0.2, 0.25) is 0 Å². The first-order valence-electron chi connectivity index (χ1n) is 5.98. The molecule has 0 spiro atoms. The maximum atomic E-state index is 11.5. The summed E-state index contributed by atoms with van der Waals surface area (Å²) >= 11 is 1.87. The van der Waals surface area contributed by atoms with Crippen LogP contribution in [0.15, 0.2) is 10.9 Å². The van der Waals surface area contributed by atoms with Gasteiger partial charge in [-0.15, -0.1) is 0 Å². The Morgan fingerprint density at radius 1 is 1.47 bits per heavy atom. The highest BCUT2D eigenvalue weighted by molar-refractivity contribution is 7.99. The van der Waals surface area contributed by atoms with Crippen LogP contribution >= 0.6 is 11.8 Å². The number of anilines is 1. The van der Waals surface area contributed by atoms with Crippen LogP contribution in [0.25, 0.3) is 0 Å². The second-order valence-corrected chi connectivity index (χ2v) is 5.69. The van der Waals surface area contributed by atoms with E-state index in [-0.39, 0.29) is 11.5 Å². The molecule has 1 atom stereocenters. The molecule has 96 valence electrons. The van der Waals surface area contributed by atoms with Crippen molar-refractivity contribution in [1.29, 1.82) is 0 Å². The molecule has 5 heteroatoms. The molecule has 17 heavy (non-hydrogen) atoms. The molecule has 0 bridgehead atoms. The van der Waals surface area contributed by atoms with E-state index >= 15 is 0 Å². The molecule has 2 N–H and O–H groups in total. The van der Waals surface area contributed by atoms with E-state index in [1.807, 2.05) is 25.6 Å². The summed E-state index contributed by atoms with van der Waals surface area (Å²) in [6.07, 6.45) is 0. The number of thioether (sulfide) groups is 1. The lowest BCUT2D eigenvalue weighted by Crippen LogP contribution is -2.22. The zero-order valence-corrected chi connectivity index (χ0v) is 11.7. The van der Waals surface area contributed by atoms with Gasteiger partial charge >= 0.3 is 0 Å². The molecule has 1 aromatic heterocycles. The van der Waals surface area contributed by atoms with Gasteiger partial charge in [0.2, 0.25) is 0 Å². The predicted molar refractivity (Wildman–Crippen MR) is 75.0 cm³/mol. The van der Waals surface area contributed by atoms with Gasteiger partial charge in [-0.2, -0.15) is 11.8 Å². The number of aromatic nitrogens is 2. The summed E-state index contributed by atoms with van der Waals surface area (Å²) in [5.74, 6) is 3.75. The van der Waals surface area contributed by atoms with Crippen molar-refractivity contribution in [2.75, 3.05) is 16.8 Å². The van der Waals surface area contributed by atoms with Gasteiger partial charge in [0.05, 0.1) is 0 Å². The van der Waals surface area contributed by atoms with Crippen LogP contribution in [0, 0.1) is 0 Å². The first kappa shape index (κ1) is 14.1. The Kier molecular flexibility index (Phi) is 5.55. The molecule has 0 fully saturated rings.